The van der Waals surface area contributed by atoms with Crippen LogP contribution in [0.3, 0.4) is 0 Å². The lowest BCUT2D eigenvalue weighted by Crippen LogP contribution is -2.37. The van der Waals surface area contributed by atoms with Crippen LogP contribution >= 0.6 is 0 Å². The average molecular weight is 392 g/mol. The van der Waals surface area contributed by atoms with E-state index in [-0.39, 0.29) is 35.2 Å². The maximum Gasteiger partial charge on any atom is 0.304 e. The molecule has 0 heterocycles. The van der Waals surface area contributed by atoms with Crippen molar-refractivity contribution in [3.8, 4) is 0 Å². The molecule has 0 saturated heterocycles. The van der Waals surface area contributed by atoms with Gasteiger partial charge in [-0.05, 0) is 48.3 Å². The Morgan fingerprint density at radius 2 is 1.11 bits per heavy atom. The van der Waals surface area contributed by atoms with E-state index in [2.05, 4.69) is 27.7 Å². The number of aliphatic carboxylic acids is 2. The van der Waals surface area contributed by atoms with E-state index in [9.17, 15) is 19.2 Å². The predicted molar refractivity (Wildman–Crippen MR) is 102 cm³/mol. The van der Waals surface area contributed by atoms with Crippen LogP contribution in [0.2, 0.25) is 0 Å². The van der Waals surface area contributed by atoms with E-state index in [0.29, 0.717) is 24.7 Å². The molecule has 0 radical (unpaired) electrons. The number of hydrogen-bond acceptors (Lipinski definition) is 4. The molecule has 0 aromatic heterocycles. The van der Waals surface area contributed by atoms with Crippen LogP contribution < -0.4 is 0 Å². The third-order valence-electron chi connectivity index (χ3n) is 9.18. The maximum absolute atomic E-state index is 11.8. The molecule has 4 unspecified atom stereocenters. The molecule has 0 spiro atoms. The molecule has 4 aliphatic rings. The van der Waals surface area contributed by atoms with Crippen LogP contribution in [-0.4, -0.2) is 33.7 Å². The van der Waals surface area contributed by atoms with Gasteiger partial charge in [0.2, 0.25) is 0 Å². The molecule has 0 aromatic carbocycles. The molecule has 4 saturated carbocycles. The van der Waals surface area contributed by atoms with Crippen molar-refractivity contribution in [1.29, 1.82) is 0 Å². The Morgan fingerprint density at radius 3 is 1.29 bits per heavy atom. The van der Waals surface area contributed by atoms with Gasteiger partial charge in [0.25, 0.3) is 0 Å². The van der Waals surface area contributed by atoms with Gasteiger partial charge in [0.15, 0.2) is 0 Å². The highest BCUT2D eigenvalue weighted by Crippen LogP contribution is 2.66. The molecule has 156 valence electrons. The summed E-state index contributed by atoms with van der Waals surface area (Å²) in [5.41, 5.74) is -1.32. The van der Waals surface area contributed by atoms with E-state index < -0.39 is 22.8 Å². The molecule has 6 nitrogen and oxygen atoms in total. The fourth-order valence-corrected chi connectivity index (χ4v) is 6.88. The summed E-state index contributed by atoms with van der Waals surface area (Å²) < 4.78 is 0. The van der Waals surface area contributed by atoms with Crippen LogP contribution in [0.5, 0.6) is 0 Å². The number of carboxylic acids is 2. The van der Waals surface area contributed by atoms with E-state index in [1.165, 1.54) is 0 Å². The minimum atomic E-state index is -0.839. The Morgan fingerprint density at radius 1 is 0.786 bits per heavy atom. The summed E-state index contributed by atoms with van der Waals surface area (Å²) in [7, 11) is 0. The van der Waals surface area contributed by atoms with Crippen molar-refractivity contribution in [1.82, 2.24) is 0 Å². The molecule has 0 aliphatic heterocycles. The molecule has 28 heavy (non-hydrogen) atoms. The van der Waals surface area contributed by atoms with E-state index >= 15 is 0 Å². The van der Waals surface area contributed by atoms with E-state index in [1.54, 1.807) is 0 Å². The first-order chi connectivity index (χ1) is 12.8. The lowest BCUT2D eigenvalue weighted by molar-refractivity contribution is -0.146. The molecule has 4 aliphatic carbocycles. The van der Waals surface area contributed by atoms with Gasteiger partial charge in [0, 0.05) is 23.7 Å². The molecule has 4 bridgehead atoms. The highest BCUT2D eigenvalue weighted by Gasteiger charge is 2.65. The van der Waals surface area contributed by atoms with Crippen molar-refractivity contribution in [2.45, 2.75) is 79.1 Å². The largest absolute Gasteiger partial charge is 0.481 e. The second kappa shape index (κ2) is 6.39. The summed E-state index contributed by atoms with van der Waals surface area (Å²) in [5, 5.41) is 17.8. The molecule has 4 fully saturated rings. The summed E-state index contributed by atoms with van der Waals surface area (Å²) in [5.74, 6) is -0.492. The van der Waals surface area contributed by atoms with Crippen molar-refractivity contribution in [2.75, 3.05) is 0 Å². The first-order valence-corrected chi connectivity index (χ1v) is 10.3. The SMILES string of the molecule is CC1(C)C2CCC1(CC(=O)O)C(=O)C2.CC1(C)C2CCC1(CC(=O)O)C(=O)C2. The zero-order valence-corrected chi connectivity index (χ0v) is 17.3. The van der Waals surface area contributed by atoms with Crippen molar-refractivity contribution in [2.24, 2.45) is 33.5 Å². The summed E-state index contributed by atoms with van der Waals surface area (Å²) in [6.45, 7) is 8.22. The first kappa shape index (κ1) is 21.0. The average Bonchev–Trinajstić information content (AvgIpc) is 3.07. The number of carboxylic acid groups (broad SMARTS) is 2. The number of Topliss-reactive ketones (excluding diaryl/α,β-unsaturated/α-hetero) is 2. The van der Waals surface area contributed by atoms with Crippen molar-refractivity contribution < 1.29 is 29.4 Å². The van der Waals surface area contributed by atoms with Gasteiger partial charge in [-0.15, -0.1) is 0 Å². The van der Waals surface area contributed by atoms with E-state index in [4.69, 9.17) is 10.2 Å². The van der Waals surface area contributed by atoms with Gasteiger partial charge in [0.05, 0.1) is 12.8 Å². The fraction of sp³-hybridized carbons (Fsp3) is 0.818. The number of carbonyl (C=O) groups excluding carboxylic acids is 2. The highest BCUT2D eigenvalue weighted by atomic mass is 16.4. The van der Waals surface area contributed by atoms with Gasteiger partial charge >= 0.3 is 11.9 Å². The number of hydrogen-bond donors (Lipinski definition) is 2. The lowest BCUT2D eigenvalue weighted by atomic mass is 9.67. The molecular formula is C22H32O6. The first-order valence-electron chi connectivity index (χ1n) is 10.3. The Kier molecular flexibility index (Phi) is 4.80. The van der Waals surface area contributed by atoms with Crippen molar-refractivity contribution in [3.63, 3.8) is 0 Å². The predicted octanol–water partition coefficient (Wildman–Crippen LogP) is 3.71. The molecule has 6 heteroatoms. The Labute approximate surface area is 166 Å². The summed E-state index contributed by atoms with van der Waals surface area (Å²) in [4.78, 5) is 45.3. The monoisotopic (exact) mass is 392 g/mol. The third-order valence-corrected chi connectivity index (χ3v) is 9.18. The highest BCUT2D eigenvalue weighted by molar-refractivity contribution is 5.93. The number of fused-ring (bicyclic) bond motifs is 4. The number of ketones is 2. The van der Waals surface area contributed by atoms with Gasteiger partial charge < -0.3 is 10.2 Å². The molecule has 0 aromatic rings. The quantitative estimate of drug-likeness (QED) is 0.755. The standard InChI is InChI=1S/2C11H16O3/c2*1-10(2)7-3-4-11(10,6-9(13)14)8(12)5-7/h2*7H,3-6H2,1-2H3,(H,13,14). The molecular weight excluding hydrogens is 360 g/mol. The molecule has 2 N–H and O–H groups in total. The smallest absolute Gasteiger partial charge is 0.304 e. The summed E-state index contributed by atoms with van der Waals surface area (Å²) in [6.07, 6.45) is 4.83. The topological polar surface area (TPSA) is 109 Å². The van der Waals surface area contributed by atoms with Gasteiger partial charge in [-0.2, -0.15) is 0 Å². The Balaban J connectivity index is 0.000000161. The third kappa shape index (κ3) is 2.66. The minimum Gasteiger partial charge on any atom is -0.481 e. The normalized spacial score (nSPS) is 39.0. The van der Waals surface area contributed by atoms with Crippen molar-refractivity contribution in [3.05, 3.63) is 0 Å². The molecule has 4 rings (SSSR count). The zero-order chi connectivity index (χ0) is 21.1. The van der Waals surface area contributed by atoms with Gasteiger partial charge in [0.1, 0.15) is 11.6 Å². The van der Waals surface area contributed by atoms with Crippen LogP contribution in [0.1, 0.15) is 79.1 Å². The zero-order valence-electron chi connectivity index (χ0n) is 17.3. The number of rotatable bonds is 4. The van der Waals surface area contributed by atoms with Crippen LogP contribution in [-0.2, 0) is 19.2 Å². The van der Waals surface area contributed by atoms with Crippen LogP contribution in [0.15, 0.2) is 0 Å². The van der Waals surface area contributed by atoms with Crippen molar-refractivity contribution >= 4 is 23.5 Å². The Hall–Kier alpha value is -1.72. The van der Waals surface area contributed by atoms with Gasteiger partial charge in [-0.25, -0.2) is 0 Å². The summed E-state index contributed by atoms with van der Waals surface area (Å²) in [6, 6.07) is 0. The lowest BCUT2D eigenvalue weighted by Gasteiger charge is -2.35. The van der Waals surface area contributed by atoms with Gasteiger partial charge in [-0.1, -0.05) is 27.7 Å². The summed E-state index contributed by atoms with van der Waals surface area (Å²) >= 11 is 0. The van der Waals surface area contributed by atoms with Crippen LogP contribution in [0, 0.1) is 33.5 Å². The molecule has 0 amide bonds. The Bertz CT molecular complexity index is 673. The van der Waals surface area contributed by atoms with Crippen LogP contribution in [0.25, 0.3) is 0 Å². The van der Waals surface area contributed by atoms with E-state index in [0.717, 1.165) is 25.7 Å². The van der Waals surface area contributed by atoms with Crippen LogP contribution in [0.4, 0.5) is 0 Å². The second-order valence-corrected chi connectivity index (χ2v) is 10.5. The molecule has 4 atom stereocenters. The second-order valence-electron chi connectivity index (χ2n) is 10.5. The maximum atomic E-state index is 11.8. The number of carbonyl (C=O) groups is 4. The van der Waals surface area contributed by atoms with E-state index in [1.807, 2.05) is 0 Å². The minimum absolute atomic E-state index is 0.0231. The fourth-order valence-electron chi connectivity index (χ4n) is 6.88. The van der Waals surface area contributed by atoms with Gasteiger partial charge in [-0.3, -0.25) is 19.2 Å².